The van der Waals surface area contributed by atoms with E-state index in [1.54, 1.807) is 6.20 Å². The van der Waals surface area contributed by atoms with Crippen molar-refractivity contribution in [1.29, 1.82) is 0 Å². The third-order valence-corrected chi connectivity index (χ3v) is 2.44. The van der Waals surface area contributed by atoms with Gasteiger partial charge in [-0.2, -0.15) is 0 Å². The number of rotatable bonds is 5. The minimum Gasteiger partial charge on any atom is -0.487 e. The fraction of sp³-hybridized carbons (Fsp3) is 0.143. The minimum absolute atomic E-state index is 0.179. The number of carbonyl (C=O) groups excluding carboxylic acids is 1. The molecule has 1 aromatic heterocycles. The summed E-state index contributed by atoms with van der Waals surface area (Å²) in [5, 5.41) is 0. The number of hydrogen-bond acceptors (Lipinski definition) is 3. The van der Waals surface area contributed by atoms with Gasteiger partial charge in [0.15, 0.2) is 0 Å². The maximum absolute atomic E-state index is 10.9. The summed E-state index contributed by atoms with van der Waals surface area (Å²) in [5.41, 5.74) is 6.83. The van der Waals surface area contributed by atoms with Crippen molar-refractivity contribution in [1.82, 2.24) is 4.98 Å². The van der Waals surface area contributed by atoms with Gasteiger partial charge in [0.2, 0.25) is 5.91 Å². The number of hydrogen-bond donors (Lipinski definition) is 1. The molecule has 4 heteroatoms. The largest absolute Gasteiger partial charge is 0.487 e. The Bertz CT molecular complexity index is 526. The van der Waals surface area contributed by atoms with Crippen LogP contribution in [0.15, 0.2) is 48.7 Å². The third-order valence-electron chi connectivity index (χ3n) is 2.44. The van der Waals surface area contributed by atoms with E-state index in [2.05, 4.69) is 4.98 Å². The van der Waals surface area contributed by atoms with Gasteiger partial charge in [-0.1, -0.05) is 24.3 Å². The maximum atomic E-state index is 10.9. The van der Waals surface area contributed by atoms with Gasteiger partial charge in [-0.3, -0.25) is 9.78 Å². The average Bonchev–Trinajstić information content (AvgIpc) is 2.38. The molecule has 0 unspecified atom stereocenters. The van der Waals surface area contributed by atoms with Crippen LogP contribution in [0.4, 0.5) is 0 Å². The molecule has 1 amide bonds. The third kappa shape index (κ3) is 3.31. The topological polar surface area (TPSA) is 65.2 Å². The molecular formula is C14H14N2O2. The molecule has 18 heavy (non-hydrogen) atoms. The van der Waals surface area contributed by atoms with Gasteiger partial charge in [-0.05, 0) is 18.2 Å². The van der Waals surface area contributed by atoms with Gasteiger partial charge < -0.3 is 10.5 Å². The molecule has 4 nitrogen and oxygen atoms in total. The molecule has 2 rings (SSSR count). The first-order valence-corrected chi connectivity index (χ1v) is 5.64. The predicted molar refractivity (Wildman–Crippen MR) is 67.9 cm³/mol. The van der Waals surface area contributed by atoms with Crippen molar-refractivity contribution in [2.45, 2.75) is 13.0 Å². The summed E-state index contributed by atoms with van der Waals surface area (Å²) >= 11 is 0. The number of nitrogens with two attached hydrogens (primary N) is 1. The molecule has 0 atom stereocenters. The van der Waals surface area contributed by atoms with Crippen LogP contribution < -0.4 is 10.5 Å². The second-order valence-corrected chi connectivity index (χ2v) is 3.86. The van der Waals surface area contributed by atoms with Crippen LogP contribution >= 0.6 is 0 Å². The second-order valence-electron chi connectivity index (χ2n) is 3.86. The molecule has 92 valence electrons. The highest BCUT2D eigenvalue weighted by Gasteiger charge is 2.06. The van der Waals surface area contributed by atoms with Crippen LogP contribution in [0.2, 0.25) is 0 Å². The quantitative estimate of drug-likeness (QED) is 0.867. The molecule has 1 heterocycles. The monoisotopic (exact) mass is 242 g/mol. The first-order valence-electron chi connectivity index (χ1n) is 5.64. The molecule has 2 aromatic rings. The molecule has 0 radical (unpaired) electrons. The summed E-state index contributed by atoms with van der Waals surface area (Å²) in [5.74, 6) is 0.297. The Hall–Kier alpha value is -2.36. The van der Waals surface area contributed by atoms with Gasteiger partial charge in [0, 0.05) is 11.8 Å². The van der Waals surface area contributed by atoms with Crippen molar-refractivity contribution in [2.24, 2.45) is 5.73 Å². The molecule has 0 aliphatic carbocycles. The molecule has 0 aliphatic rings. The number of primary amides is 1. The van der Waals surface area contributed by atoms with E-state index >= 15 is 0 Å². The molecule has 0 fully saturated rings. The van der Waals surface area contributed by atoms with E-state index in [4.69, 9.17) is 10.5 Å². The van der Waals surface area contributed by atoms with Crippen LogP contribution in [0.25, 0.3) is 0 Å². The van der Waals surface area contributed by atoms with E-state index < -0.39 is 0 Å². The summed E-state index contributed by atoms with van der Waals surface area (Å²) in [6.07, 6.45) is 1.90. The van der Waals surface area contributed by atoms with E-state index in [0.717, 1.165) is 11.3 Å². The van der Waals surface area contributed by atoms with Crippen LogP contribution in [-0.4, -0.2) is 10.9 Å². The number of para-hydroxylation sites is 1. The molecule has 0 saturated heterocycles. The fourth-order valence-corrected chi connectivity index (χ4v) is 1.61. The standard InChI is InChI=1S/C14H14N2O2/c15-14(17)9-11-5-1-2-7-13(11)18-10-12-6-3-4-8-16-12/h1-8H,9-10H2,(H2,15,17). The second kappa shape index (κ2) is 5.82. The van der Waals surface area contributed by atoms with E-state index in [0.29, 0.717) is 12.4 Å². The lowest BCUT2D eigenvalue weighted by Crippen LogP contribution is -2.14. The lowest BCUT2D eigenvalue weighted by atomic mass is 10.1. The van der Waals surface area contributed by atoms with Crippen molar-refractivity contribution in [3.05, 3.63) is 59.9 Å². The summed E-state index contributed by atoms with van der Waals surface area (Å²) in [4.78, 5) is 15.1. The highest BCUT2D eigenvalue weighted by atomic mass is 16.5. The normalized spacial score (nSPS) is 10.0. The Morgan fingerprint density at radius 3 is 2.67 bits per heavy atom. The van der Waals surface area contributed by atoms with Crippen molar-refractivity contribution >= 4 is 5.91 Å². The first-order chi connectivity index (χ1) is 8.75. The smallest absolute Gasteiger partial charge is 0.221 e. The highest BCUT2D eigenvalue weighted by molar-refractivity contribution is 5.77. The minimum atomic E-state index is -0.371. The molecule has 0 aliphatic heterocycles. The number of carbonyl (C=O) groups is 1. The van der Waals surface area contributed by atoms with E-state index in [-0.39, 0.29) is 12.3 Å². The van der Waals surface area contributed by atoms with Crippen LogP contribution in [0, 0.1) is 0 Å². The molecule has 2 N–H and O–H groups in total. The Balaban J connectivity index is 2.07. The summed E-state index contributed by atoms with van der Waals surface area (Å²) in [6.45, 7) is 0.372. The lowest BCUT2D eigenvalue weighted by molar-refractivity contribution is -0.117. The Morgan fingerprint density at radius 2 is 1.94 bits per heavy atom. The molecular weight excluding hydrogens is 228 g/mol. The van der Waals surface area contributed by atoms with Gasteiger partial charge in [0.25, 0.3) is 0 Å². The van der Waals surface area contributed by atoms with E-state index in [1.807, 2.05) is 42.5 Å². The number of ether oxygens (including phenoxy) is 1. The Labute approximate surface area is 105 Å². The van der Waals surface area contributed by atoms with Crippen molar-refractivity contribution < 1.29 is 9.53 Å². The van der Waals surface area contributed by atoms with Gasteiger partial charge in [0.1, 0.15) is 12.4 Å². The lowest BCUT2D eigenvalue weighted by Gasteiger charge is -2.09. The molecule has 0 bridgehead atoms. The Morgan fingerprint density at radius 1 is 1.17 bits per heavy atom. The Kier molecular flexibility index (Phi) is 3.91. The van der Waals surface area contributed by atoms with Gasteiger partial charge in [-0.25, -0.2) is 0 Å². The average molecular weight is 242 g/mol. The van der Waals surface area contributed by atoms with Gasteiger partial charge >= 0.3 is 0 Å². The summed E-state index contributed by atoms with van der Waals surface area (Å²) in [7, 11) is 0. The zero-order valence-corrected chi connectivity index (χ0v) is 9.87. The maximum Gasteiger partial charge on any atom is 0.221 e. The van der Waals surface area contributed by atoms with Crippen molar-refractivity contribution in [2.75, 3.05) is 0 Å². The summed E-state index contributed by atoms with van der Waals surface area (Å²) in [6, 6.07) is 13.0. The van der Waals surface area contributed by atoms with Crippen LogP contribution in [0.5, 0.6) is 5.75 Å². The van der Waals surface area contributed by atoms with Gasteiger partial charge in [0.05, 0.1) is 12.1 Å². The van der Waals surface area contributed by atoms with E-state index in [9.17, 15) is 4.79 Å². The molecule has 0 spiro atoms. The number of aromatic nitrogens is 1. The van der Waals surface area contributed by atoms with Crippen LogP contribution in [-0.2, 0) is 17.8 Å². The first kappa shape index (κ1) is 12.1. The molecule has 0 saturated carbocycles. The zero-order chi connectivity index (χ0) is 12.8. The SMILES string of the molecule is NC(=O)Cc1ccccc1OCc1ccccn1. The fourth-order valence-electron chi connectivity index (χ4n) is 1.61. The van der Waals surface area contributed by atoms with E-state index in [1.165, 1.54) is 0 Å². The molecule has 1 aromatic carbocycles. The van der Waals surface area contributed by atoms with Crippen molar-refractivity contribution in [3.8, 4) is 5.75 Å². The summed E-state index contributed by atoms with van der Waals surface area (Å²) < 4.78 is 5.65. The predicted octanol–water partition coefficient (Wildman–Crippen LogP) is 1.69. The van der Waals surface area contributed by atoms with Crippen LogP contribution in [0.3, 0.4) is 0 Å². The zero-order valence-electron chi connectivity index (χ0n) is 9.87. The number of amides is 1. The number of benzene rings is 1. The van der Waals surface area contributed by atoms with Crippen molar-refractivity contribution in [3.63, 3.8) is 0 Å². The number of pyridine rings is 1. The van der Waals surface area contributed by atoms with Crippen LogP contribution in [0.1, 0.15) is 11.3 Å². The number of nitrogens with zero attached hydrogens (tertiary/aromatic N) is 1. The highest BCUT2D eigenvalue weighted by Crippen LogP contribution is 2.19. The van der Waals surface area contributed by atoms with Gasteiger partial charge in [-0.15, -0.1) is 0 Å².